The number of carbonyl (C=O) groups excluding carboxylic acids is 1. The molecular formula is C21H26N2O3S. The smallest absolute Gasteiger partial charge is 0.243 e. The maximum atomic E-state index is 12.8. The summed E-state index contributed by atoms with van der Waals surface area (Å²) < 4.78 is 27.1. The Morgan fingerprint density at radius 1 is 0.926 bits per heavy atom. The maximum Gasteiger partial charge on any atom is 0.243 e. The van der Waals surface area contributed by atoms with Crippen molar-refractivity contribution in [2.24, 2.45) is 0 Å². The second-order valence-corrected chi connectivity index (χ2v) is 8.99. The first kappa shape index (κ1) is 19.6. The number of amides is 1. The number of anilines is 1. The summed E-state index contributed by atoms with van der Waals surface area (Å²) in [6, 6.07) is 14.3. The van der Waals surface area contributed by atoms with E-state index < -0.39 is 10.0 Å². The van der Waals surface area contributed by atoms with E-state index in [1.54, 1.807) is 28.6 Å². The maximum absolute atomic E-state index is 12.8. The van der Waals surface area contributed by atoms with Gasteiger partial charge in [-0.15, -0.1) is 0 Å². The monoisotopic (exact) mass is 386 g/mol. The van der Waals surface area contributed by atoms with Crippen molar-refractivity contribution in [2.45, 2.75) is 43.9 Å². The molecule has 0 bridgehead atoms. The molecular weight excluding hydrogens is 360 g/mol. The van der Waals surface area contributed by atoms with Crippen molar-refractivity contribution in [1.82, 2.24) is 4.31 Å². The molecule has 0 unspecified atom stereocenters. The number of nitrogens with one attached hydrogen (secondary N) is 1. The molecule has 6 heteroatoms. The van der Waals surface area contributed by atoms with Crippen LogP contribution < -0.4 is 5.32 Å². The van der Waals surface area contributed by atoms with Crippen molar-refractivity contribution in [1.29, 1.82) is 0 Å². The van der Waals surface area contributed by atoms with E-state index in [9.17, 15) is 13.2 Å². The number of aryl methyl sites for hydroxylation is 1. The van der Waals surface area contributed by atoms with E-state index in [1.807, 2.05) is 31.2 Å². The lowest BCUT2D eigenvalue weighted by molar-refractivity contribution is -0.115. The van der Waals surface area contributed by atoms with Crippen LogP contribution in [0.3, 0.4) is 0 Å². The van der Waals surface area contributed by atoms with Gasteiger partial charge in [0.1, 0.15) is 0 Å². The molecule has 0 aromatic heterocycles. The molecule has 0 radical (unpaired) electrons. The van der Waals surface area contributed by atoms with Gasteiger partial charge in [-0.25, -0.2) is 8.42 Å². The summed E-state index contributed by atoms with van der Waals surface area (Å²) in [4.78, 5) is 12.5. The van der Waals surface area contributed by atoms with Gasteiger partial charge in [-0.2, -0.15) is 4.31 Å². The van der Waals surface area contributed by atoms with Crippen LogP contribution in [0, 0.1) is 6.92 Å². The highest BCUT2D eigenvalue weighted by molar-refractivity contribution is 7.89. The van der Waals surface area contributed by atoms with Gasteiger partial charge in [-0.1, -0.05) is 42.7 Å². The van der Waals surface area contributed by atoms with E-state index >= 15 is 0 Å². The van der Waals surface area contributed by atoms with Gasteiger partial charge < -0.3 is 5.32 Å². The van der Waals surface area contributed by atoms with Gasteiger partial charge in [-0.3, -0.25) is 4.79 Å². The lowest BCUT2D eigenvalue weighted by Crippen LogP contribution is -2.31. The van der Waals surface area contributed by atoms with Gasteiger partial charge in [0.05, 0.1) is 11.3 Å². The zero-order valence-corrected chi connectivity index (χ0v) is 16.5. The van der Waals surface area contributed by atoms with Crippen molar-refractivity contribution in [3.63, 3.8) is 0 Å². The zero-order chi connectivity index (χ0) is 19.3. The molecule has 1 fully saturated rings. The highest BCUT2D eigenvalue weighted by Gasteiger charge is 2.24. The molecule has 1 N–H and O–H groups in total. The Hall–Kier alpha value is -2.18. The van der Waals surface area contributed by atoms with Gasteiger partial charge in [0.15, 0.2) is 0 Å². The van der Waals surface area contributed by atoms with E-state index in [0.29, 0.717) is 18.8 Å². The molecule has 1 amide bonds. The number of hydrogen-bond donors (Lipinski definition) is 1. The molecule has 0 aliphatic carbocycles. The molecule has 3 rings (SSSR count). The Labute approximate surface area is 161 Å². The van der Waals surface area contributed by atoms with Crippen LogP contribution in [0.15, 0.2) is 53.4 Å². The highest BCUT2D eigenvalue weighted by Crippen LogP contribution is 2.22. The molecule has 2 aromatic carbocycles. The summed E-state index contributed by atoms with van der Waals surface area (Å²) in [5.74, 6) is -0.123. The summed E-state index contributed by atoms with van der Waals surface area (Å²) in [5.41, 5.74) is 2.70. The Morgan fingerprint density at radius 3 is 2.11 bits per heavy atom. The molecule has 144 valence electrons. The van der Waals surface area contributed by atoms with Crippen LogP contribution >= 0.6 is 0 Å². The first-order valence-corrected chi connectivity index (χ1v) is 10.8. The van der Waals surface area contributed by atoms with Crippen molar-refractivity contribution in [2.75, 3.05) is 18.4 Å². The molecule has 5 nitrogen and oxygen atoms in total. The van der Waals surface area contributed by atoms with Crippen LogP contribution in [-0.4, -0.2) is 31.7 Å². The lowest BCUT2D eigenvalue weighted by atomic mass is 10.1. The topological polar surface area (TPSA) is 66.5 Å². The van der Waals surface area contributed by atoms with Crippen LogP contribution in [0.25, 0.3) is 0 Å². The average molecular weight is 387 g/mol. The van der Waals surface area contributed by atoms with E-state index in [2.05, 4.69) is 5.32 Å². The van der Waals surface area contributed by atoms with Gasteiger partial charge in [-0.05, 0) is 49.6 Å². The van der Waals surface area contributed by atoms with Crippen LogP contribution in [-0.2, 0) is 21.2 Å². The molecule has 2 aromatic rings. The summed E-state index contributed by atoms with van der Waals surface area (Å²) in [7, 11) is -3.46. The van der Waals surface area contributed by atoms with Crippen molar-refractivity contribution >= 4 is 21.6 Å². The Balaban J connectivity index is 1.64. The molecule has 1 saturated heterocycles. The van der Waals surface area contributed by atoms with E-state index in [0.717, 1.165) is 36.8 Å². The Bertz CT molecular complexity index is 867. The van der Waals surface area contributed by atoms with Crippen LogP contribution in [0.2, 0.25) is 0 Å². The number of rotatable bonds is 5. The van der Waals surface area contributed by atoms with Gasteiger partial charge in [0.25, 0.3) is 0 Å². The highest BCUT2D eigenvalue weighted by atomic mass is 32.2. The largest absolute Gasteiger partial charge is 0.326 e. The minimum atomic E-state index is -3.46. The number of carbonyl (C=O) groups is 1. The molecule has 0 saturated carbocycles. The Kier molecular flexibility index (Phi) is 6.29. The second-order valence-electron chi connectivity index (χ2n) is 7.05. The summed E-state index contributed by atoms with van der Waals surface area (Å²) >= 11 is 0. The zero-order valence-electron chi connectivity index (χ0n) is 15.6. The quantitative estimate of drug-likeness (QED) is 0.851. The molecule has 27 heavy (non-hydrogen) atoms. The number of hydrogen-bond acceptors (Lipinski definition) is 3. The first-order chi connectivity index (χ1) is 12.9. The SMILES string of the molecule is Cc1ccc(CC(=O)Nc2ccc(S(=O)(=O)N3CCCCCC3)cc2)cc1. The molecule has 1 aliphatic heterocycles. The van der Waals surface area contributed by atoms with E-state index in [-0.39, 0.29) is 17.2 Å². The third-order valence-corrected chi connectivity index (χ3v) is 6.74. The van der Waals surface area contributed by atoms with Crippen molar-refractivity contribution in [3.05, 3.63) is 59.7 Å². The number of nitrogens with zero attached hydrogens (tertiary/aromatic N) is 1. The minimum Gasteiger partial charge on any atom is -0.326 e. The second kappa shape index (κ2) is 8.67. The first-order valence-electron chi connectivity index (χ1n) is 9.41. The molecule has 0 spiro atoms. The normalized spacial score (nSPS) is 15.9. The third kappa shape index (κ3) is 5.17. The van der Waals surface area contributed by atoms with E-state index in [1.165, 1.54) is 0 Å². The number of sulfonamides is 1. The fraction of sp³-hybridized carbons (Fsp3) is 0.381. The standard InChI is InChI=1S/C21H26N2O3S/c1-17-6-8-18(9-7-17)16-21(24)22-19-10-12-20(13-11-19)27(25,26)23-14-4-2-3-5-15-23/h6-13H,2-5,14-16H2,1H3,(H,22,24). The summed E-state index contributed by atoms with van der Waals surface area (Å²) in [6.45, 7) is 3.17. The van der Waals surface area contributed by atoms with Gasteiger partial charge in [0, 0.05) is 18.8 Å². The fourth-order valence-electron chi connectivity index (χ4n) is 3.24. The number of benzene rings is 2. The van der Waals surface area contributed by atoms with Crippen LogP contribution in [0.4, 0.5) is 5.69 Å². The van der Waals surface area contributed by atoms with Gasteiger partial charge >= 0.3 is 0 Å². The minimum absolute atomic E-state index is 0.123. The lowest BCUT2D eigenvalue weighted by Gasteiger charge is -2.20. The molecule has 0 atom stereocenters. The molecule has 1 aliphatic rings. The summed E-state index contributed by atoms with van der Waals surface area (Å²) in [6.07, 6.45) is 4.27. The summed E-state index contributed by atoms with van der Waals surface area (Å²) in [5, 5.41) is 2.83. The van der Waals surface area contributed by atoms with Crippen LogP contribution in [0.5, 0.6) is 0 Å². The van der Waals surface area contributed by atoms with Gasteiger partial charge in [0.2, 0.25) is 15.9 Å². The predicted octanol–water partition coefficient (Wildman–Crippen LogP) is 3.74. The molecule has 1 heterocycles. The van der Waals surface area contributed by atoms with Crippen LogP contribution in [0.1, 0.15) is 36.8 Å². The average Bonchev–Trinajstić information content (AvgIpc) is 2.94. The fourth-order valence-corrected chi connectivity index (χ4v) is 4.75. The van der Waals surface area contributed by atoms with Crippen molar-refractivity contribution in [3.8, 4) is 0 Å². The Morgan fingerprint density at radius 2 is 1.52 bits per heavy atom. The van der Waals surface area contributed by atoms with E-state index in [4.69, 9.17) is 0 Å². The van der Waals surface area contributed by atoms with Crippen molar-refractivity contribution < 1.29 is 13.2 Å². The third-order valence-electron chi connectivity index (χ3n) is 4.83. The predicted molar refractivity (Wildman–Crippen MR) is 107 cm³/mol.